The Balaban J connectivity index is 1.52. The van der Waals surface area contributed by atoms with Crippen LogP contribution in [-0.4, -0.2) is 39.3 Å². The van der Waals surface area contributed by atoms with E-state index in [0.29, 0.717) is 29.8 Å². The van der Waals surface area contributed by atoms with Crippen molar-refractivity contribution < 1.29 is 14.3 Å². The highest BCUT2D eigenvalue weighted by molar-refractivity contribution is 5.87. The Hall–Kier alpha value is -2.21. The van der Waals surface area contributed by atoms with E-state index in [2.05, 4.69) is 15.1 Å². The molecule has 0 aliphatic carbocycles. The molecule has 0 bridgehead atoms. The van der Waals surface area contributed by atoms with Crippen LogP contribution in [0.1, 0.15) is 53.9 Å². The number of hydrogen-bond donors (Lipinski definition) is 1. The van der Waals surface area contributed by atoms with Gasteiger partial charge in [0.1, 0.15) is 0 Å². The third kappa shape index (κ3) is 4.00. The quantitative estimate of drug-likeness (QED) is 0.878. The van der Waals surface area contributed by atoms with E-state index in [4.69, 9.17) is 9.52 Å². The Bertz CT molecular complexity index is 694. The lowest BCUT2D eigenvalue weighted by Gasteiger charge is -2.13. The minimum absolute atomic E-state index is 0.256. The second-order valence-electron chi connectivity index (χ2n) is 6.78. The average molecular weight is 329 g/mol. The largest absolute Gasteiger partial charge is 0.478 e. The molecule has 3 rings (SSSR count). The molecule has 0 saturated carbocycles. The van der Waals surface area contributed by atoms with Gasteiger partial charge in [-0.05, 0) is 43.0 Å². The SMILES string of the molecule is CC(C)c1nnc(CN2CCC(Cc3ccc(C(=O)O)cc3)C2)o1. The van der Waals surface area contributed by atoms with E-state index in [0.717, 1.165) is 25.9 Å². The summed E-state index contributed by atoms with van der Waals surface area (Å²) in [5.41, 5.74) is 1.52. The van der Waals surface area contributed by atoms with E-state index in [1.54, 1.807) is 12.1 Å². The van der Waals surface area contributed by atoms with Crippen molar-refractivity contribution in [3.63, 3.8) is 0 Å². The molecule has 2 aromatic rings. The van der Waals surface area contributed by atoms with Crippen LogP contribution in [0.3, 0.4) is 0 Å². The van der Waals surface area contributed by atoms with Crippen LogP contribution in [0.25, 0.3) is 0 Å². The van der Waals surface area contributed by atoms with E-state index in [-0.39, 0.29) is 5.92 Å². The van der Waals surface area contributed by atoms with Gasteiger partial charge in [0.15, 0.2) is 0 Å². The number of nitrogens with zero attached hydrogens (tertiary/aromatic N) is 3. The second-order valence-corrected chi connectivity index (χ2v) is 6.78. The molecule has 0 amide bonds. The van der Waals surface area contributed by atoms with Crippen LogP contribution in [0.4, 0.5) is 0 Å². The number of carbonyl (C=O) groups is 1. The van der Waals surface area contributed by atoms with Gasteiger partial charge in [-0.25, -0.2) is 4.79 Å². The third-order valence-electron chi connectivity index (χ3n) is 4.43. The summed E-state index contributed by atoms with van der Waals surface area (Å²) >= 11 is 0. The number of aromatic carboxylic acids is 1. The van der Waals surface area contributed by atoms with Crippen molar-refractivity contribution in [1.29, 1.82) is 0 Å². The first-order chi connectivity index (χ1) is 11.5. The second kappa shape index (κ2) is 7.13. The smallest absolute Gasteiger partial charge is 0.335 e. The molecular weight excluding hydrogens is 306 g/mol. The number of aromatic nitrogens is 2. The molecular formula is C18H23N3O3. The van der Waals surface area contributed by atoms with Crippen LogP contribution in [-0.2, 0) is 13.0 Å². The van der Waals surface area contributed by atoms with Crippen LogP contribution >= 0.6 is 0 Å². The Kier molecular flexibility index (Phi) is 4.94. The fourth-order valence-electron chi connectivity index (χ4n) is 3.09. The van der Waals surface area contributed by atoms with Crippen molar-refractivity contribution in [1.82, 2.24) is 15.1 Å². The molecule has 1 aliphatic rings. The number of rotatable bonds is 6. The van der Waals surface area contributed by atoms with Gasteiger partial charge in [0.2, 0.25) is 11.8 Å². The van der Waals surface area contributed by atoms with Crippen molar-refractivity contribution in [2.45, 2.75) is 39.2 Å². The Morgan fingerprint density at radius 3 is 2.71 bits per heavy atom. The van der Waals surface area contributed by atoms with E-state index in [9.17, 15) is 4.79 Å². The summed E-state index contributed by atoms with van der Waals surface area (Å²) in [4.78, 5) is 13.2. The van der Waals surface area contributed by atoms with E-state index >= 15 is 0 Å². The van der Waals surface area contributed by atoms with Gasteiger partial charge in [-0.1, -0.05) is 26.0 Å². The minimum atomic E-state index is -0.881. The van der Waals surface area contributed by atoms with Gasteiger partial charge in [-0.3, -0.25) is 4.90 Å². The van der Waals surface area contributed by atoms with Crippen molar-refractivity contribution in [2.75, 3.05) is 13.1 Å². The van der Waals surface area contributed by atoms with Crippen molar-refractivity contribution in [2.24, 2.45) is 5.92 Å². The number of carboxylic acid groups (broad SMARTS) is 1. The molecule has 0 radical (unpaired) electrons. The number of hydrogen-bond acceptors (Lipinski definition) is 5. The maximum atomic E-state index is 10.9. The lowest BCUT2D eigenvalue weighted by atomic mass is 9.98. The summed E-state index contributed by atoms with van der Waals surface area (Å²) in [6.45, 7) is 6.81. The maximum absolute atomic E-state index is 10.9. The molecule has 24 heavy (non-hydrogen) atoms. The van der Waals surface area contributed by atoms with Crippen LogP contribution in [0.5, 0.6) is 0 Å². The molecule has 1 aromatic heterocycles. The maximum Gasteiger partial charge on any atom is 0.335 e. The normalized spacial score (nSPS) is 18.4. The first-order valence-corrected chi connectivity index (χ1v) is 8.38. The number of likely N-dealkylation sites (tertiary alicyclic amines) is 1. The molecule has 1 atom stereocenters. The zero-order valence-corrected chi connectivity index (χ0v) is 14.1. The van der Waals surface area contributed by atoms with E-state index < -0.39 is 5.97 Å². The van der Waals surface area contributed by atoms with Gasteiger partial charge in [-0.15, -0.1) is 10.2 Å². The standard InChI is InChI=1S/C18H23N3O3/c1-12(2)17-20-19-16(24-17)11-21-8-7-14(10-21)9-13-3-5-15(6-4-13)18(22)23/h3-6,12,14H,7-11H2,1-2H3,(H,22,23). The van der Waals surface area contributed by atoms with Crippen LogP contribution in [0.15, 0.2) is 28.7 Å². The lowest BCUT2D eigenvalue weighted by Crippen LogP contribution is -2.20. The predicted octanol–water partition coefficient (Wildman–Crippen LogP) is 2.96. The van der Waals surface area contributed by atoms with Crippen LogP contribution in [0.2, 0.25) is 0 Å². The summed E-state index contributed by atoms with van der Waals surface area (Å²) in [6, 6.07) is 7.19. The van der Waals surface area contributed by atoms with Gasteiger partial charge in [0, 0.05) is 12.5 Å². The molecule has 1 fully saturated rings. The van der Waals surface area contributed by atoms with Crippen LogP contribution < -0.4 is 0 Å². The topological polar surface area (TPSA) is 79.5 Å². The average Bonchev–Trinajstić information content (AvgIpc) is 3.18. The van der Waals surface area contributed by atoms with Gasteiger partial charge in [0.05, 0.1) is 12.1 Å². The summed E-state index contributed by atoms with van der Waals surface area (Å²) in [5.74, 6) is 1.33. The first kappa shape index (κ1) is 16.6. The molecule has 6 nitrogen and oxygen atoms in total. The molecule has 1 N–H and O–H groups in total. The summed E-state index contributed by atoms with van der Waals surface area (Å²) < 4.78 is 5.68. The molecule has 1 unspecified atom stereocenters. The fourth-order valence-corrected chi connectivity index (χ4v) is 3.09. The Labute approximate surface area is 141 Å². The Morgan fingerprint density at radius 1 is 1.33 bits per heavy atom. The highest BCUT2D eigenvalue weighted by Gasteiger charge is 2.24. The van der Waals surface area contributed by atoms with Gasteiger partial charge in [-0.2, -0.15) is 0 Å². The molecule has 0 spiro atoms. The van der Waals surface area contributed by atoms with Gasteiger partial charge in [0.25, 0.3) is 0 Å². The zero-order valence-electron chi connectivity index (χ0n) is 14.1. The monoisotopic (exact) mass is 329 g/mol. The summed E-state index contributed by atoms with van der Waals surface area (Å²) in [5, 5.41) is 17.1. The molecule has 6 heteroatoms. The lowest BCUT2D eigenvalue weighted by molar-refractivity contribution is 0.0697. The van der Waals surface area contributed by atoms with Crippen molar-refractivity contribution in [3.05, 3.63) is 47.2 Å². The summed E-state index contributed by atoms with van der Waals surface area (Å²) in [6.07, 6.45) is 2.10. The summed E-state index contributed by atoms with van der Waals surface area (Å²) in [7, 11) is 0. The molecule has 128 valence electrons. The van der Waals surface area contributed by atoms with E-state index in [1.807, 2.05) is 26.0 Å². The van der Waals surface area contributed by atoms with E-state index in [1.165, 1.54) is 5.56 Å². The fraction of sp³-hybridized carbons (Fsp3) is 0.500. The highest BCUT2D eigenvalue weighted by Crippen LogP contribution is 2.23. The Morgan fingerprint density at radius 2 is 2.08 bits per heavy atom. The minimum Gasteiger partial charge on any atom is -0.478 e. The van der Waals surface area contributed by atoms with Crippen molar-refractivity contribution in [3.8, 4) is 0 Å². The zero-order chi connectivity index (χ0) is 17.1. The highest BCUT2D eigenvalue weighted by atomic mass is 16.4. The molecule has 1 aromatic carbocycles. The molecule has 1 aliphatic heterocycles. The third-order valence-corrected chi connectivity index (χ3v) is 4.43. The number of benzene rings is 1. The van der Waals surface area contributed by atoms with Crippen LogP contribution in [0, 0.1) is 5.92 Å². The number of carboxylic acids is 1. The molecule has 1 saturated heterocycles. The van der Waals surface area contributed by atoms with Gasteiger partial charge >= 0.3 is 5.97 Å². The molecule has 2 heterocycles. The first-order valence-electron chi connectivity index (χ1n) is 8.38. The predicted molar refractivity (Wildman–Crippen MR) is 88.9 cm³/mol. The van der Waals surface area contributed by atoms with Crippen molar-refractivity contribution >= 4 is 5.97 Å². The van der Waals surface area contributed by atoms with Gasteiger partial charge < -0.3 is 9.52 Å².